The lowest BCUT2D eigenvalue weighted by molar-refractivity contribution is 0.603. The van der Waals surface area contributed by atoms with Gasteiger partial charge in [-0.15, -0.1) is 11.3 Å². The minimum absolute atomic E-state index is 0.110. The van der Waals surface area contributed by atoms with Crippen LogP contribution in [-0.2, 0) is 10.0 Å². The van der Waals surface area contributed by atoms with Crippen LogP contribution < -0.4 is 4.72 Å². The van der Waals surface area contributed by atoms with Gasteiger partial charge in [0.25, 0.3) is 10.0 Å². The zero-order chi connectivity index (χ0) is 14.0. The van der Waals surface area contributed by atoms with E-state index in [1.807, 2.05) is 6.07 Å². The lowest BCUT2D eigenvalue weighted by Crippen LogP contribution is -2.11. The van der Waals surface area contributed by atoms with Crippen LogP contribution in [0.5, 0.6) is 0 Å². The third kappa shape index (κ3) is 3.36. The molecule has 1 heterocycles. The van der Waals surface area contributed by atoms with Crippen molar-refractivity contribution in [1.29, 1.82) is 5.26 Å². The maximum absolute atomic E-state index is 12.1. The summed E-state index contributed by atoms with van der Waals surface area (Å²) in [6, 6.07) is 9.93. The molecule has 0 aliphatic rings. The van der Waals surface area contributed by atoms with Crippen molar-refractivity contribution in [3.63, 3.8) is 0 Å². The lowest BCUT2D eigenvalue weighted by atomic mass is 10.3. The Labute approximate surface area is 131 Å². The van der Waals surface area contributed by atoms with Crippen LogP contribution in [0.4, 0.5) is 5.69 Å². The van der Waals surface area contributed by atoms with Gasteiger partial charge in [-0.2, -0.15) is 5.26 Å². The summed E-state index contributed by atoms with van der Waals surface area (Å²) < 4.78 is 28.3. The van der Waals surface area contributed by atoms with Gasteiger partial charge >= 0.3 is 0 Å². The number of anilines is 1. The first kappa shape index (κ1) is 14.5. The molecule has 0 saturated carbocycles. The zero-order valence-corrected chi connectivity index (χ0v) is 14.0. The molecular weight excluding hydrogens is 416 g/mol. The van der Waals surface area contributed by atoms with E-state index < -0.39 is 10.0 Å². The molecular formula is C11H6Br2N2O2S2. The molecule has 0 radical (unpaired) electrons. The normalized spacial score (nSPS) is 11.0. The predicted octanol–water partition coefficient (Wildman–Crippen LogP) is 3.95. The Bertz CT molecular complexity index is 763. The van der Waals surface area contributed by atoms with Crippen molar-refractivity contribution in [1.82, 2.24) is 0 Å². The molecule has 0 atom stereocenters. The Balaban J connectivity index is 2.34. The smallest absolute Gasteiger partial charge is 0.271 e. The molecule has 0 aliphatic heterocycles. The Kier molecular flexibility index (Phi) is 4.30. The van der Waals surface area contributed by atoms with Gasteiger partial charge in [-0.25, -0.2) is 8.42 Å². The topological polar surface area (TPSA) is 70.0 Å². The highest BCUT2D eigenvalue weighted by Crippen LogP contribution is 2.29. The third-order valence-electron chi connectivity index (χ3n) is 2.13. The van der Waals surface area contributed by atoms with Gasteiger partial charge in [-0.05, 0) is 46.3 Å². The first-order valence-corrected chi connectivity index (χ1v) is 8.79. The molecule has 0 spiro atoms. The van der Waals surface area contributed by atoms with Gasteiger partial charge in [0.2, 0.25) is 0 Å². The van der Waals surface area contributed by atoms with E-state index in [1.165, 1.54) is 12.1 Å². The maximum atomic E-state index is 12.1. The molecule has 19 heavy (non-hydrogen) atoms. The summed E-state index contributed by atoms with van der Waals surface area (Å²) in [5.41, 5.74) is 0.440. The van der Waals surface area contributed by atoms with Gasteiger partial charge in [0, 0.05) is 8.95 Å². The van der Waals surface area contributed by atoms with Gasteiger partial charge in [0.05, 0.1) is 5.69 Å². The average molecular weight is 422 g/mol. The summed E-state index contributed by atoms with van der Waals surface area (Å²) in [6.45, 7) is 0. The fraction of sp³-hybridized carbons (Fsp3) is 0. The summed E-state index contributed by atoms with van der Waals surface area (Å²) in [4.78, 5) is 0.357. The van der Waals surface area contributed by atoms with Crippen LogP contribution in [0.1, 0.15) is 4.88 Å². The number of nitriles is 1. The molecule has 0 amide bonds. The van der Waals surface area contributed by atoms with Crippen LogP contribution in [0.25, 0.3) is 0 Å². The van der Waals surface area contributed by atoms with E-state index in [4.69, 9.17) is 5.26 Å². The summed E-state index contributed by atoms with van der Waals surface area (Å²) in [7, 11) is -3.67. The quantitative estimate of drug-likeness (QED) is 0.815. The Morgan fingerprint density at radius 1 is 1.21 bits per heavy atom. The van der Waals surface area contributed by atoms with E-state index in [2.05, 4.69) is 36.6 Å². The largest absolute Gasteiger partial charge is 0.278 e. The van der Waals surface area contributed by atoms with E-state index in [-0.39, 0.29) is 4.21 Å². The van der Waals surface area contributed by atoms with Crippen molar-refractivity contribution >= 4 is 58.9 Å². The van der Waals surface area contributed by atoms with Gasteiger partial charge < -0.3 is 0 Å². The van der Waals surface area contributed by atoms with Crippen LogP contribution in [0.15, 0.2) is 43.5 Å². The molecule has 2 rings (SSSR count). The van der Waals surface area contributed by atoms with E-state index in [0.29, 0.717) is 15.0 Å². The SMILES string of the molecule is N#Cc1ccc(S(=O)(=O)Nc2ccc(Br)cc2Br)s1. The van der Waals surface area contributed by atoms with Crippen LogP contribution >= 0.6 is 43.2 Å². The summed E-state index contributed by atoms with van der Waals surface area (Å²) >= 11 is 7.51. The number of benzene rings is 1. The fourth-order valence-corrected chi connectivity index (χ4v) is 4.75. The van der Waals surface area contributed by atoms with Crippen molar-refractivity contribution in [2.24, 2.45) is 0 Å². The average Bonchev–Trinajstić information content (AvgIpc) is 2.82. The molecule has 1 aromatic carbocycles. The van der Waals surface area contributed by atoms with Crippen molar-refractivity contribution < 1.29 is 8.42 Å². The van der Waals surface area contributed by atoms with Crippen LogP contribution in [0, 0.1) is 11.3 Å². The van der Waals surface area contributed by atoms with Gasteiger partial charge in [0.15, 0.2) is 0 Å². The molecule has 1 N–H and O–H groups in total. The summed E-state index contributed by atoms with van der Waals surface area (Å²) in [6.07, 6.45) is 0. The van der Waals surface area contributed by atoms with E-state index >= 15 is 0 Å². The Morgan fingerprint density at radius 3 is 2.53 bits per heavy atom. The molecule has 8 heteroatoms. The highest BCUT2D eigenvalue weighted by atomic mass is 79.9. The van der Waals surface area contributed by atoms with Crippen molar-refractivity contribution in [2.75, 3.05) is 4.72 Å². The first-order chi connectivity index (χ1) is 8.92. The number of nitrogens with one attached hydrogen (secondary N) is 1. The minimum Gasteiger partial charge on any atom is -0.278 e. The molecule has 98 valence electrons. The summed E-state index contributed by atoms with van der Waals surface area (Å²) in [5.74, 6) is 0. The molecule has 0 saturated heterocycles. The van der Waals surface area contributed by atoms with Crippen molar-refractivity contribution in [3.8, 4) is 6.07 Å². The number of thiophene rings is 1. The monoisotopic (exact) mass is 420 g/mol. The second-order valence-electron chi connectivity index (χ2n) is 3.46. The van der Waals surface area contributed by atoms with Crippen LogP contribution in [0.2, 0.25) is 0 Å². The van der Waals surface area contributed by atoms with Crippen molar-refractivity contribution in [2.45, 2.75) is 4.21 Å². The van der Waals surface area contributed by atoms with Crippen LogP contribution in [-0.4, -0.2) is 8.42 Å². The molecule has 0 bridgehead atoms. The number of nitrogens with zero attached hydrogens (tertiary/aromatic N) is 1. The molecule has 0 fully saturated rings. The highest BCUT2D eigenvalue weighted by Gasteiger charge is 2.18. The van der Waals surface area contributed by atoms with Crippen molar-refractivity contribution in [3.05, 3.63) is 44.2 Å². The Hall–Kier alpha value is -0.880. The standard InChI is InChI=1S/C11H6Br2N2O2S2/c12-7-1-3-10(9(13)5-7)15-19(16,17)11-4-2-8(6-14)18-11/h1-5,15H. The van der Waals surface area contributed by atoms with Gasteiger partial charge in [-0.3, -0.25) is 4.72 Å². The third-order valence-corrected chi connectivity index (χ3v) is 6.13. The van der Waals surface area contributed by atoms with Gasteiger partial charge in [0.1, 0.15) is 15.2 Å². The number of halogens is 2. The predicted molar refractivity (Wildman–Crippen MR) is 81.7 cm³/mol. The molecule has 2 aromatic rings. The van der Waals surface area contributed by atoms with E-state index in [0.717, 1.165) is 15.8 Å². The number of sulfonamides is 1. The van der Waals surface area contributed by atoms with E-state index in [1.54, 1.807) is 18.2 Å². The molecule has 0 aliphatic carbocycles. The van der Waals surface area contributed by atoms with Gasteiger partial charge in [-0.1, -0.05) is 15.9 Å². The second kappa shape index (κ2) is 5.63. The van der Waals surface area contributed by atoms with E-state index in [9.17, 15) is 8.42 Å². The molecule has 4 nitrogen and oxygen atoms in total. The lowest BCUT2D eigenvalue weighted by Gasteiger charge is -2.08. The number of hydrogen-bond acceptors (Lipinski definition) is 4. The van der Waals surface area contributed by atoms with Crippen LogP contribution in [0.3, 0.4) is 0 Å². The number of rotatable bonds is 3. The Morgan fingerprint density at radius 2 is 1.95 bits per heavy atom. The minimum atomic E-state index is -3.67. The highest BCUT2D eigenvalue weighted by molar-refractivity contribution is 9.11. The first-order valence-electron chi connectivity index (χ1n) is 4.90. The molecule has 1 aromatic heterocycles. The second-order valence-corrected chi connectivity index (χ2v) is 8.22. The fourth-order valence-electron chi connectivity index (χ4n) is 1.29. The molecule has 0 unspecified atom stereocenters. The summed E-state index contributed by atoms with van der Waals surface area (Å²) in [5, 5.41) is 8.71. The number of hydrogen-bond donors (Lipinski definition) is 1. The zero-order valence-electron chi connectivity index (χ0n) is 9.22. The maximum Gasteiger partial charge on any atom is 0.271 e.